The van der Waals surface area contributed by atoms with E-state index in [1.807, 2.05) is 0 Å². The predicted molar refractivity (Wildman–Crippen MR) is 368 cm³/mol. The normalized spacial score (nSPS) is 15.1. The van der Waals surface area contributed by atoms with Crippen molar-refractivity contribution in [3.63, 3.8) is 0 Å². The number of halogens is 6. The molecular formula is C66H81Cl3F3N21. The van der Waals surface area contributed by atoms with Crippen LogP contribution in [0.25, 0.3) is 33.1 Å². The first-order chi connectivity index (χ1) is 45.2. The quantitative estimate of drug-likeness (QED) is 0.0611. The lowest BCUT2D eigenvalue weighted by Gasteiger charge is -2.34. The molecule has 3 N–H and O–H groups in total. The molecule has 0 spiro atoms. The molecule has 0 saturated carbocycles. The van der Waals surface area contributed by atoms with E-state index in [2.05, 4.69) is 132 Å². The molecule has 3 aliphatic heterocycles. The fourth-order valence-corrected chi connectivity index (χ4v) is 12.4. The van der Waals surface area contributed by atoms with Crippen molar-refractivity contribution >= 4 is 120 Å². The van der Waals surface area contributed by atoms with Crippen LogP contribution in [0.5, 0.6) is 0 Å². The zero-order valence-corrected chi connectivity index (χ0v) is 55.8. The van der Waals surface area contributed by atoms with E-state index >= 15 is 0 Å². The summed E-state index contributed by atoms with van der Waals surface area (Å²) < 4.78 is 40.4. The van der Waals surface area contributed by atoms with Crippen LogP contribution in [0, 0.1) is 35.2 Å². The maximum atomic E-state index is 13.5. The Morgan fingerprint density at radius 1 is 0.387 bits per heavy atom. The van der Waals surface area contributed by atoms with E-state index in [1.165, 1.54) is 55.4 Å². The lowest BCUT2D eigenvalue weighted by molar-refractivity contribution is 0.229. The minimum Gasteiger partial charge on any atom is -0.341 e. The molecular weight excluding hydrogens is 1250 g/mol. The molecule has 3 saturated heterocycles. The number of benzene rings is 3. The molecule has 0 unspecified atom stereocenters. The second-order valence-electron chi connectivity index (χ2n) is 23.4. The highest BCUT2D eigenvalue weighted by Gasteiger charge is 2.27. The van der Waals surface area contributed by atoms with Crippen LogP contribution in [0.2, 0.25) is 15.1 Å². The van der Waals surface area contributed by atoms with Gasteiger partial charge < -0.3 is 45.3 Å². The lowest BCUT2D eigenvalue weighted by atomic mass is 9.96. The molecule has 3 aliphatic rings. The minimum absolute atomic E-state index is 0.0475. The fourth-order valence-electron chi connectivity index (χ4n) is 11.9. The van der Waals surface area contributed by atoms with Crippen LogP contribution in [0.15, 0.2) is 92.2 Å². The number of piperidine rings is 3. The summed E-state index contributed by atoms with van der Waals surface area (Å²) in [6.45, 7) is 28.9. The van der Waals surface area contributed by atoms with Crippen molar-refractivity contribution in [1.29, 1.82) is 0 Å². The van der Waals surface area contributed by atoms with Gasteiger partial charge in [0.2, 0.25) is 17.8 Å². The Morgan fingerprint density at radius 2 is 0.645 bits per heavy atom. The molecule has 3 fully saturated rings. The van der Waals surface area contributed by atoms with E-state index in [0.29, 0.717) is 103 Å². The van der Waals surface area contributed by atoms with Gasteiger partial charge in [-0.2, -0.15) is 0 Å². The van der Waals surface area contributed by atoms with Gasteiger partial charge in [0.15, 0.2) is 17.5 Å². The molecule has 0 aliphatic carbocycles. The van der Waals surface area contributed by atoms with Crippen molar-refractivity contribution in [3.8, 4) is 0 Å². The number of fused-ring (bicyclic) bond motifs is 3. The van der Waals surface area contributed by atoms with Gasteiger partial charge >= 0.3 is 0 Å². The first-order valence-electron chi connectivity index (χ1n) is 32.2. The van der Waals surface area contributed by atoms with Gasteiger partial charge in [0.1, 0.15) is 69.5 Å². The second kappa shape index (κ2) is 32.9. The third-order valence-electron chi connectivity index (χ3n) is 17.6. The average molecular weight is 1330 g/mol. The molecule has 9 aromatic rings. The maximum Gasteiger partial charge on any atom is 0.226 e. The van der Waals surface area contributed by atoms with Crippen molar-refractivity contribution in [2.45, 2.75) is 80.1 Å². The molecule has 93 heavy (non-hydrogen) atoms. The lowest BCUT2D eigenvalue weighted by Crippen LogP contribution is -2.39. The monoisotopic (exact) mass is 1330 g/mol. The van der Waals surface area contributed by atoms with Crippen LogP contribution in [-0.4, -0.2) is 173 Å². The van der Waals surface area contributed by atoms with Crippen LogP contribution < -0.4 is 30.7 Å². The third kappa shape index (κ3) is 17.9. The van der Waals surface area contributed by atoms with Crippen molar-refractivity contribution in [2.75, 3.05) is 129 Å². The first-order valence-corrected chi connectivity index (χ1v) is 33.4. The van der Waals surface area contributed by atoms with Gasteiger partial charge in [-0.1, -0.05) is 76.3 Å². The van der Waals surface area contributed by atoms with Crippen LogP contribution >= 0.6 is 34.8 Å². The summed E-state index contributed by atoms with van der Waals surface area (Å²) in [7, 11) is 0. The van der Waals surface area contributed by atoms with Crippen molar-refractivity contribution in [3.05, 3.63) is 125 Å². The van der Waals surface area contributed by atoms with Gasteiger partial charge in [-0.15, -0.1) is 0 Å². The van der Waals surface area contributed by atoms with Gasteiger partial charge in [0, 0.05) is 76.0 Å². The smallest absolute Gasteiger partial charge is 0.226 e. The molecule has 0 atom stereocenters. The summed E-state index contributed by atoms with van der Waals surface area (Å²) in [5.41, 5.74) is 5.69. The van der Waals surface area contributed by atoms with E-state index in [9.17, 15) is 13.2 Å². The number of rotatable bonds is 21. The fraction of sp³-hybridized carbons (Fsp3) is 0.455. The van der Waals surface area contributed by atoms with Gasteiger partial charge in [-0.05, 0) is 150 Å². The zero-order valence-electron chi connectivity index (χ0n) is 53.6. The molecule has 0 radical (unpaired) electrons. The van der Waals surface area contributed by atoms with E-state index < -0.39 is 17.5 Å². The summed E-state index contributed by atoms with van der Waals surface area (Å²) in [5, 5.41) is 9.65. The Morgan fingerprint density at radius 3 is 0.882 bits per heavy atom. The molecule has 12 rings (SSSR count). The van der Waals surface area contributed by atoms with Crippen LogP contribution in [0.3, 0.4) is 0 Å². The first kappa shape index (κ1) is 68.1. The molecule has 0 amide bonds. The molecule has 3 aromatic carbocycles. The Balaban J connectivity index is 0.000000153. The molecule has 27 heteroatoms. The standard InChI is InChI=1S/3C22H27ClFN7/c3*1-3-30(4-2)13-15-7-9-31(10-8-15)22-25-12-19-20(29-22)21(27-14-26-19)28-16-5-6-18(24)17(23)11-16/h3*5-6,11-12,14-15H,3-4,7-10,13H2,1-2H3,(H,26,27,28). The van der Waals surface area contributed by atoms with Crippen molar-refractivity contribution in [2.24, 2.45) is 17.8 Å². The van der Waals surface area contributed by atoms with E-state index in [0.717, 1.165) is 137 Å². The molecule has 9 heterocycles. The largest absolute Gasteiger partial charge is 0.341 e. The Hall–Kier alpha value is -7.74. The second-order valence-corrected chi connectivity index (χ2v) is 24.6. The number of anilines is 9. The van der Waals surface area contributed by atoms with Gasteiger partial charge in [0.25, 0.3) is 0 Å². The Bertz CT molecular complexity index is 3500. The molecule has 0 bridgehead atoms. The SMILES string of the molecule is CCN(CC)CC1CCN(c2ncc3ncnc(Nc4ccc(F)c(Cl)c4)c3n2)CC1.CCN(CC)CC1CCN(c2ncc3ncnc(Nc4ccc(F)c(Cl)c4)c3n2)CC1.CCN(CC)CC1CCN(c2ncc3ncnc(Nc4ccc(F)c(Cl)c4)c3n2)CC1. The topological polar surface area (TPSA) is 210 Å². The highest BCUT2D eigenvalue weighted by Crippen LogP contribution is 2.32. The highest BCUT2D eigenvalue weighted by atomic mass is 35.5. The van der Waals surface area contributed by atoms with Gasteiger partial charge in [-0.25, -0.2) is 73.0 Å². The summed E-state index contributed by atoms with van der Waals surface area (Å²) in [4.78, 5) is 67.9. The van der Waals surface area contributed by atoms with Crippen LogP contribution in [0.4, 0.5) is 65.5 Å². The van der Waals surface area contributed by atoms with Crippen molar-refractivity contribution < 1.29 is 13.2 Å². The predicted octanol–water partition coefficient (Wildman–Crippen LogP) is 13.5. The maximum absolute atomic E-state index is 13.5. The van der Waals surface area contributed by atoms with E-state index in [4.69, 9.17) is 49.8 Å². The Labute approximate surface area is 556 Å². The minimum atomic E-state index is -0.464. The van der Waals surface area contributed by atoms with E-state index in [-0.39, 0.29) is 15.1 Å². The summed E-state index contributed by atoms with van der Waals surface area (Å²) in [6, 6.07) is 13.3. The summed E-state index contributed by atoms with van der Waals surface area (Å²) >= 11 is 17.7. The summed E-state index contributed by atoms with van der Waals surface area (Å²) in [6.07, 6.45) is 16.3. The average Bonchev–Trinajstić information content (AvgIpc) is 0.866. The number of aromatic nitrogens is 12. The molecule has 21 nitrogen and oxygen atoms in total. The number of nitrogens with zero attached hydrogens (tertiary/aromatic N) is 18. The highest BCUT2D eigenvalue weighted by molar-refractivity contribution is 6.31. The van der Waals surface area contributed by atoms with Crippen molar-refractivity contribution in [1.82, 2.24) is 74.5 Å². The van der Waals surface area contributed by atoms with Crippen LogP contribution in [0.1, 0.15) is 80.1 Å². The Kier molecular flexibility index (Phi) is 24.1. The van der Waals surface area contributed by atoms with Gasteiger partial charge in [-0.3, -0.25) is 0 Å². The number of hydrogen-bond donors (Lipinski definition) is 3. The number of hydrogen-bond acceptors (Lipinski definition) is 21. The zero-order chi connectivity index (χ0) is 65.4. The van der Waals surface area contributed by atoms with Crippen LogP contribution in [-0.2, 0) is 0 Å². The molecule has 492 valence electrons. The molecule has 6 aromatic heterocycles. The summed E-state index contributed by atoms with van der Waals surface area (Å²) in [5.74, 6) is 4.39. The van der Waals surface area contributed by atoms with Gasteiger partial charge in [0.05, 0.1) is 33.7 Å². The third-order valence-corrected chi connectivity index (χ3v) is 18.4. The number of nitrogens with one attached hydrogen (secondary N) is 3. The van der Waals surface area contributed by atoms with E-state index in [1.54, 1.807) is 36.8 Å².